The van der Waals surface area contributed by atoms with E-state index in [1.165, 1.54) is 5.56 Å². The standard InChI is InChI=1S/C18H24BrF3N4O/c1-3-23-16(24-10-15(27)26(2)12-18(20,21)22)25-11-17(7-8-17)13-5-4-6-14(19)9-13/h4-6,9H,3,7-8,10-12H2,1-2H3,(H2,23,24,25). The van der Waals surface area contributed by atoms with Crippen LogP contribution in [-0.4, -0.2) is 56.2 Å². The van der Waals surface area contributed by atoms with Gasteiger partial charge in [0.1, 0.15) is 13.1 Å². The highest BCUT2D eigenvalue weighted by Crippen LogP contribution is 2.48. The molecule has 0 saturated heterocycles. The minimum absolute atomic E-state index is 0.0249. The van der Waals surface area contributed by atoms with Crippen molar-refractivity contribution in [1.82, 2.24) is 15.5 Å². The Morgan fingerprint density at radius 3 is 2.59 bits per heavy atom. The van der Waals surface area contributed by atoms with E-state index in [-0.39, 0.29) is 12.0 Å². The van der Waals surface area contributed by atoms with Gasteiger partial charge in [0, 0.05) is 30.0 Å². The number of halogens is 4. The van der Waals surface area contributed by atoms with Crippen molar-refractivity contribution >= 4 is 27.8 Å². The van der Waals surface area contributed by atoms with Crippen molar-refractivity contribution in [3.05, 3.63) is 34.3 Å². The summed E-state index contributed by atoms with van der Waals surface area (Å²) in [5.41, 5.74) is 1.25. The first-order valence-corrected chi connectivity index (χ1v) is 9.53. The summed E-state index contributed by atoms with van der Waals surface area (Å²) in [6.07, 6.45) is -2.33. The zero-order valence-corrected chi connectivity index (χ0v) is 17.0. The van der Waals surface area contributed by atoms with E-state index in [2.05, 4.69) is 43.7 Å². The van der Waals surface area contributed by atoms with E-state index in [1.807, 2.05) is 19.1 Å². The highest BCUT2D eigenvalue weighted by atomic mass is 79.9. The molecule has 1 saturated carbocycles. The van der Waals surface area contributed by atoms with Crippen molar-refractivity contribution in [3.63, 3.8) is 0 Å². The second kappa shape index (κ2) is 8.95. The van der Waals surface area contributed by atoms with Gasteiger partial charge >= 0.3 is 6.18 Å². The molecule has 150 valence electrons. The van der Waals surface area contributed by atoms with Crippen LogP contribution in [0.25, 0.3) is 0 Å². The number of hydrogen-bond acceptors (Lipinski definition) is 2. The topological polar surface area (TPSA) is 56.7 Å². The second-order valence-electron chi connectivity index (χ2n) is 6.70. The van der Waals surface area contributed by atoms with Crippen molar-refractivity contribution in [2.75, 3.05) is 33.2 Å². The number of benzene rings is 1. The fraction of sp³-hybridized carbons (Fsp3) is 0.556. The van der Waals surface area contributed by atoms with Crippen LogP contribution in [0.3, 0.4) is 0 Å². The molecule has 0 unspecified atom stereocenters. The van der Waals surface area contributed by atoms with Crippen molar-refractivity contribution in [2.45, 2.75) is 31.4 Å². The van der Waals surface area contributed by atoms with Crippen LogP contribution >= 0.6 is 15.9 Å². The summed E-state index contributed by atoms with van der Waals surface area (Å²) in [4.78, 5) is 16.6. The number of carbonyl (C=O) groups is 1. The predicted molar refractivity (Wildman–Crippen MR) is 103 cm³/mol. The summed E-state index contributed by atoms with van der Waals surface area (Å²) in [6, 6.07) is 8.14. The number of nitrogens with one attached hydrogen (secondary N) is 2. The van der Waals surface area contributed by atoms with E-state index in [1.54, 1.807) is 0 Å². The average molecular weight is 449 g/mol. The average Bonchev–Trinajstić information content (AvgIpc) is 3.37. The van der Waals surface area contributed by atoms with E-state index in [0.717, 1.165) is 24.4 Å². The summed E-state index contributed by atoms with van der Waals surface area (Å²) in [7, 11) is 1.12. The lowest BCUT2D eigenvalue weighted by atomic mass is 9.96. The molecule has 27 heavy (non-hydrogen) atoms. The molecule has 5 nitrogen and oxygen atoms in total. The van der Waals surface area contributed by atoms with Gasteiger partial charge in [0.05, 0.1) is 0 Å². The van der Waals surface area contributed by atoms with Gasteiger partial charge in [-0.3, -0.25) is 4.79 Å². The zero-order chi connectivity index (χ0) is 20.1. The van der Waals surface area contributed by atoms with Gasteiger partial charge in [-0.2, -0.15) is 13.2 Å². The van der Waals surface area contributed by atoms with E-state index >= 15 is 0 Å². The molecule has 1 aliphatic carbocycles. The lowest BCUT2D eigenvalue weighted by Gasteiger charge is -2.20. The third-order valence-corrected chi connectivity index (χ3v) is 4.94. The summed E-state index contributed by atoms with van der Waals surface area (Å²) in [5.74, 6) is -0.259. The van der Waals surface area contributed by atoms with Crippen molar-refractivity contribution in [1.29, 1.82) is 0 Å². The number of alkyl halides is 3. The Balaban J connectivity index is 1.95. The molecule has 1 amide bonds. The molecule has 0 atom stereocenters. The number of rotatable bonds is 7. The van der Waals surface area contributed by atoms with Gasteiger partial charge in [-0.1, -0.05) is 28.1 Å². The zero-order valence-electron chi connectivity index (χ0n) is 15.4. The Morgan fingerprint density at radius 2 is 2.04 bits per heavy atom. The number of amides is 1. The molecule has 1 fully saturated rings. The summed E-state index contributed by atoms with van der Waals surface area (Å²) < 4.78 is 38.1. The van der Waals surface area contributed by atoms with Crippen LogP contribution < -0.4 is 10.6 Å². The maximum absolute atomic E-state index is 12.4. The molecule has 1 aromatic carbocycles. The molecule has 9 heteroatoms. The summed E-state index contributed by atoms with van der Waals surface area (Å²) in [6.45, 7) is 1.49. The molecular weight excluding hydrogens is 425 g/mol. The monoisotopic (exact) mass is 448 g/mol. The normalized spacial score (nSPS) is 16.0. The van der Waals surface area contributed by atoms with Gasteiger partial charge < -0.3 is 15.5 Å². The summed E-state index contributed by atoms with van der Waals surface area (Å²) >= 11 is 3.48. The number of guanidine groups is 1. The molecule has 0 aromatic heterocycles. The van der Waals surface area contributed by atoms with Crippen LogP contribution in [0, 0.1) is 0 Å². The molecule has 0 heterocycles. The van der Waals surface area contributed by atoms with Gasteiger partial charge in [-0.15, -0.1) is 0 Å². The SMILES string of the molecule is CCNC(=NCC(=O)N(C)CC(F)(F)F)NCC1(c2cccc(Br)c2)CC1. The molecule has 0 aliphatic heterocycles. The Bertz CT molecular complexity index is 689. The van der Waals surface area contributed by atoms with E-state index in [4.69, 9.17) is 0 Å². The van der Waals surface area contributed by atoms with Crippen molar-refractivity contribution < 1.29 is 18.0 Å². The largest absolute Gasteiger partial charge is 0.406 e. The molecular formula is C18H24BrF3N4O. The number of aliphatic imine (C=N–C) groups is 1. The highest BCUT2D eigenvalue weighted by molar-refractivity contribution is 9.10. The van der Waals surface area contributed by atoms with Crippen molar-refractivity contribution in [3.8, 4) is 0 Å². The smallest absolute Gasteiger partial charge is 0.357 e. The van der Waals surface area contributed by atoms with E-state index in [9.17, 15) is 18.0 Å². The molecule has 0 spiro atoms. The first-order valence-electron chi connectivity index (χ1n) is 8.74. The van der Waals surface area contributed by atoms with Crippen LogP contribution in [0.15, 0.2) is 33.7 Å². The van der Waals surface area contributed by atoms with Crippen LogP contribution in [0.2, 0.25) is 0 Å². The fourth-order valence-electron chi connectivity index (χ4n) is 2.76. The van der Waals surface area contributed by atoms with Gasteiger partial charge in [-0.25, -0.2) is 4.99 Å². The lowest BCUT2D eigenvalue weighted by Crippen LogP contribution is -2.42. The minimum Gasteiger partial charge on any atom is -0.357 e. The maximum Gasteiger partial charge on any atom is 0.406 e. The van der Waals surface area contributed by atoms with Gasteiger partial charge in [-0.05, 0) is 37.5 Å². The Kier molecular flexibility index (Phi) is 7.13. The van der Waals surface area contributed by atoms with Crippen LogP contribution in [0.4, 0.5) is 13.2 Å². The van der Waals surface area contributed by atoms with Gasteiger partial charge in [0.2, 0.25) is 5.91 Å². The van der Waals surface area contributed by atoms with Crippen LogP contribution in [-0.2, 0) is 10.2 Å². The molecule has 0 radical (unpaired) electrons. The van der Waals surface area contributed by atoms with Crippen LogP contribution in [0.1, 0.15) is 25.3 Å². The summed E-state index contributed by atoms with van der Waals surface area (Å²) in [5, 5.41) is 6.24. The number of likely N-dealkylation sites (N-methyl/N-ethyl adjacent to an activating group) is 1. The fourth-order valence-corrected chi connectivity index (χ4v) is 3.16. The number of hydrogen-bond donors (Lipinski definition) is 2. The Hall–Kier alpha value is -1.77. The first kappa shape index (κ1) is 21.5. The molecule has 1 aromatic rings. The third kappa shape index (κ3) is 6.71. The number of carbonyl (C=O) groups excluding carboxylic acids is 1. The molecule has 1 aliphatic rings. The van der Waals surface area contributed by atoms with Crippen molar-refractivity contribution in [2.24, 2.45) is 4.99 Å². The van der Waals surface area contributed by atoms with E-state index in [0.29, 0.717) is 23.9 Å². The van der Waals surface area contributed by atoms with Crippen LogP contribution in [0.5, 0.6) is 0 Å². The minimum atomic E-state index is -4.42. The van der Waals surface area contributed by atoms with E-state index < -0.39 is 18.6 Å². The second-order valence-corrected chi connectivity index (χ2v) is 7.62. The highest BCUT2D eigenvalue weighted by Gasteiger charge is 2.44. The Morgan fingerprint density at radius 1 is 1.33 bits per heavy atom. The molecule has 2 rings (SSSR count). The quantitative estimate of drug-likeness (QED) is 0.497. The lowest BCUT2D eigenvalue weighted by molar-refractivity contribution is -0.157. The Labute approximate surface area is 165 Å². The third-order valence-electron chi connectivity index (χ3n) is 4.44. The van der Waals surface area contributed by atoms with Gasteiger partial charge in [0.15, 0.2) is 5.96 Å². The molecule has 2 N–H and O–H groups in total. The predicted octanol–water partition coefficient (Wildman–Crippen LogP) is 3.06. The first-order chi connectivity index (χ1) is 12.6. The number of nitrogens with zero attached hydrogens (tertiary/aromatic N) is 2. The molecule has 0 bridgehead atoms. The van der Waals surface area contributed by atoms with Gasteiger partial charge in [0.25, 0.3) is 0 Å². The maximum atomic E-state index is 12.4.